The van der Waals surface area contributed by atoms with E-state index in [1.54, 1.807) is 18.3 Å². The summed E-state index contributed by atoms with van der Waals surface area (Å²) in [6.45, 7) is 3.75. The van der Waals surface area contributed by atoms with Crippen molar-refractivity contribution in [3.05, 3.63) is 59.7 Å². The standard InChI is InChI=1S/C25H31FN4O3/c1-33-21-6-5-19(22(26)16-21)17-25(9-7-23(31)28-25)10-8-24(32)30-14-12-29(13-15-30)18-20-4-2-3-11-27-20/h2-6,11,16H,7-10,12-15,17-18H2,1H3,(H,28,31)/t25-/m1/s1. The molecule has 8 heteroatoms. The molecule has 0 spiro atoms. The molecule has 1 atom stereocenters. The van der Waals surface area contributed by atoms with Crippen molar-refractivity contribution in [2.24, 2.45) is 0 Å². The van der Waals surface area contributed by atoms with Gasteiger partial charge in [-0.2, -0.15) is 0 Å². The topological polar surface area (TPSA) is 74.8 Å². The van der Waals surface area contributed by atoms with E-state index in [9.17, 15) is 14.0 Å². The lowest BCUT2D eigenvalue weighted by molar-refractivity contribution is -0.133. The normalized spacial score (nSPS) is 21.2. The highest BCUT2D eigenvalue weighted by Crippen LogP contribution is 2.31. The molecule has 1 N–H and O–H groups in total. The zero-order chi connectivity index (χ0) is 23.3. The fraction of sp³-hybridized carbons (Fsp3) is 0.480. The minimum absolute atomic E-state index is 0.0421. The van der Waals surface area contributed by atoms with Crippen molar-refractivity contribution in [1.29, 1.82) is 0 Å². The van der Waals surface area contributed by atoms with Gasteiger partial charge in [0.05, 0.1) is 12.8 Å². The molecule has 1 aromatic carbocycles. The number of ether oxygens (including phenoxy) is 1. The van der Waals surface area contributed by atoms with Crippen molar-refractivity contribution in [2.45, 2.75) is 44.2 Å². The molecule has 0 radical (unpaired) electrons. The van der Waals surface area contributed by atoms with Gasteiger partial charge in [0.1, 0.15) is 11.6 Å². The van der Waals surface area contributed by atoms with Crippen LogP contribution in [0.15, 0.2) is 42.6 Å². The van der Waals surface area contributed by atoms with Crippen LogP contribution >= 0.6 is 0 Å². The van der Waals surface area contributed by atoms with Crippen LogP contribution < -0.4 is 10.1 Å². The SMILES string of the molecule is COc1ccc(C[C@]2(CCC(=O)N3CCN(Cc4ccccn4)CC3)CCC(=O)N2)c(F)c1. The molecule has 3 heterocycles. The monoisotopic (exact) mass is 454 g/mol. The van der Waals surface area contributed by atoms with Crippen molar-refractivity contribution in [2.75, 3.05) is 33.3 Å². The van der Waals surface area contributed by atoms with Gasteiger partial charge in [-0.05, 0) is 43.0 Å². The first-order valence-electron chi connectivity index (χ1n) is 11.5. The van der Waals surface area contributed by atoms with E-state index < -0.39 is 5.54 Å². The minimum atomic E-state index is -0.594. The summed E-state index contributed by atoms with van der Waals surface area (Å²) < 4.78 is 19.6. The van der Waals surface area contributed by atoms with E-state index in [4.69, 9.17) is 4.74 Å². The first-order valence-corrected chi connectivity index (χ1v) is 11.5. The molecule has 33 heavy (non-hydrogen) atoms. The summed E-state index contributed by atoms with van der Waals surface area (Å²) in [5.41, 5.74) is 0.957. The fourth-order valence-electron chi connectivity index (χ4n) is 4.73. The van der Waals surface area contributed by atoms with E-state index in [2.05, 4.69) is 15.2 Å². The molecule has 0 saturated carbocycles. The van der Waals surface area contributed by atoms with Crippen LogP contribution in [0.4, 0.5) is 4.39 Å². The molecule has 4 rings (SSSR count). The van der Waals surface area contributed by atoms with Crippen molar-refractivity contribution in [1.82, 2.24) is 20.1 Å². The zero-order valence-corrected chi connectivity index (χ0v) is 19.1. The second-order valence-electron chi connectivity index (χ2n) is 8.94. The summed E-state index contributed by atoms with van der Waals surface area (Å²) in [7, 11) is 1.50. The quantitative estimate of drug-likeness (QED) is 0.664. The van der Waals surface area contributed by atoms with Crippen molar-refractivity contribution >= 4 is 11.8 Å². The molecule has 2 saturated heterocycles. The van der Waals surface area contributed by atoms with Crippen LogP contribution in [-0.4, -0.2) is 65.4 Å². The number of piperazine rings is 1. The Kier molecular flexibility index (Phi) is 7.23. The molecule has 2 amide bonds. The zero-order valence-electron chi connectivity index (χ0n) is 19.1. The second-order valence-corrected chi connectivity index (χ2v) is 8.94. The van der Waals surface area contributed by atoms with E-state index in [0.29, 0.717) is 56.5 Å². The molecule has 176 valence electrons. The van der Waals surface area contributed by atoms with Crippen LogP contribution in [0.1, 0.15) is 36.9 Å². The van der Waals surface area contributed by atoms with Gasteiger partial charge in [0.2, 0.25) is 11.8 Å². The minimum Gasteiger partial charge on any atom is -0.497 e. The first kappa shape index (κ1) is 23.2. The third-order valence-electron chi connectivity index (χ3n) is 6.68. The molecule has 2 aliphatic heterocycles. The number of aromatic nitrogens is 1. The number of halogens is 1. The summed E-state index contributed by atoms with van der Waals surface area (Å²) >= 11 is 0. The van der Waals surface area contributed by atoms with Gasteiger partial charge in [-0.25, -0.2) is 4.39 Å². The van der Waals surface area contributed by atoms with Gasteiger partial charge in [-0.3, -0.25) is 19.5 Å². The van der Waals surface area contributed by atoms with Gasteiger partial charge in [0, 0.05) is 63.4 Å². The van der Waals surface area contributed by atoms with E-state index in [1.807, 2.05) is 23.1 Å². The molecule has 0 bridgehead atoms. The Hall–Kier alpha value is -3.00. The van der Waals surface area contributed by atoms with Crippen molar-refractivity contribution in [3.63, 3.8) is 0 Å². The number of pyridine rings is 1. The molecule has 0 aliphatic carbocycles. The van der Waals surface area contributed by atoms with E-state index in [1.165, 1.54) is 13.2 Å². The van der Waals surface area contributed by atoms with Gasteiger partial charge < -0.3 is 15.0 Å². The summed E-state index contributed by atoms with van der Waals surface area (Å²) in [6, 6.07) is 10.7. The largest absolute Gasteiger partial charge is 0.497 e. The predicted molar refractivity (Wildman–Crippen MR) is 122 cm³/mol. The van der Waals surface area contributed by atoms with Crippen LogP contribution in [0.3, 0.4) is 0 Å². The molecular formula is C25H31FN4O3. The number of nitrogens with zero attached hydrogens (tertiary/aromatic N) is 3. The molecule has 2 aromatic rings. The number of methoxy groups -OCH3 is 1. The molecular weight excluding hydrogens is 423 g/mol. The van der Waals surface area contributed by atoms with Gasteiger partial charge in [0.15, 0.2) is 0 Å². The number of carbonyl (C=O) groups excluding carboxylic acids is 2. The Morgan fingerprint density at radius 2 is 2.03 bits per heavy atom. The number of amides is 2. The number of hydrogen-bond donors (Lipinski definition) is 1. The fourth-order valence-corrected chi connectivity index (χ4v) is 4.73. The Bertz CT molecular complexity index is 979. The van der Waals surface area contributed by atoms with Crippen LogP contribution in [0.2, 0.25) is 0 Å². The Morgan fingerprint density at radius 3 is 2.67 bits per heavy atom. The van der Waals surface area contributed by atoms with Crippen molar-refractivity contribution < 1.29 is 18.7 Å². The summed E-state index contributed by atoms with van der Waals surface area (Å²) in [5, 5.41) is 3.04. The summed E-state index contributed by atoms with van der Waals surface area (Å²) in [5.74, 6) is 0.145. The Morgan fingerprint density at radius 1 is 1.21 bits per heavy atom. The first-order chi connectivity index (χ1) is 16.0. The van der Waals surface area contributed by atoms with Crippen LogP contribution in [0.5, 0.6) is 5.75 Å². The highest BCUT2D eigenvalue weighted by Gasteiger charge is 2.39. The van der Waals surface area contributed by atoms with E-state index >= 15 is 0 Å². The highest BCUT2D eigenvalue weighted by molar-refractivity contribution is 5.80. The van der Waals surface area contributed by atoms with Crippen LogP contribution in [0.25, 0.3) is 0 Å². The smallest absolute Gasteiger partial charge is 0.222 e. The summed E-state index contributed by atoms with van der Waals surface area (Å²) in [6.07, 6.45) is 3.99. The Labute approximate surface area is 193 Å². The van der Waals surface area contributed by atoms with Gasteiger partial charge in [0.25, 0.3) is 0 Å². The van der Waals surface area contributed by atoms with Crippen molar-refractivity contribution in [3.8, 4) is 5.75 Å². The predicted octanol–water partition coefficient (Wildman–Crippen LogP) is 2.55. The van der Waals surface area contributed by atoms with E-state index in [-0.39, 0.29) is 17.6 Å². The number of carbonyl (C=O) groups is 2. The number of nitrogens with one attached hydrogen (secondary N) is 1. The third-order valence-corrected chi connectivity index (χ3v) is 6.68. The third kappa shape index (κ3) is 5.87. The van der Waals surface area contributed by atoms with Gasteiger partial charge in [-0.1, -0.05) is 12.1 Å². The maximum atomic E-state index is 14.6. The number of hydrogen-bond acceptors (Lipinski definition) is 5. The van der Waals surface area contributed by atoms with Crippen LogP contribution in [-0.2, 0) is 22.6 Å². The maximum Gasteiger partial charge on any atom is 0.222 e. The lowest BCUT2D eigenvalue weighted by Crippen LogP contribution is -2.49. The molecule has 2 aliphatic rings. The molecule has 7 nitrogen and oxygen atoms in total. The second kappa shape index (κ2) is 10.3. The Balaban J connectivity index is 1.32. The maximum absolute atomic E-state index is 14.6. The highest BCUT2D eigenvalue weighted by atomic mass is 19.1. The average Bonchev–Trinajstić information content (AvgIpc) is 3.20. The average molecular weight is 455 g/mol. The van der Waals surface area contributed by atoms with E-state index in [0.717, 1.165) is 25.3 Å². The molecule has 1 aromatic heterocycles. The lowest BCUT2D eigenvalue weighted by Gasteiger charge is -2.36. The number of benzene rings is 1. The molecule has 0 unspecified atom stereocenters. The number of rotatable bonds is 8. The van der Waals surface area contributed by atoms with Gasteiger partial charge >= 0.3 is 0 Å². The lowest BCUT2D eigenvalue weighted by atomic mass is 9.84. The molecule has 2 fully saturated rings. The van der Waals surface area contributed by atoms with Gasteiger partial charge in [-0.15, -0.1) is 0 Å². The van der Waals surface area contributed by atoms with Crippen LogP contribution in [0, 0.1) is 5.82 Å². The summed E-state index contributed by atoms with van der Waals surface area (Å²) in [4.78, 5) is 33.5.